The van der Waals surface area contributed by atoms with Gasteiger partial charge in [-0.3, -0.25) is 13.8 Å². The molecule has 0 atom stereocenters. The summed E-state index contributed by atoms with van der Waals surface area (Å²) in [5.74, 6) is 5.95. The lowest BCUT2D eigenvalue weighted by atomic mass is 10.3. The number of aromatic nitrogens is 4. The zero-order chi connectivity index (χ0) is 15.5. The number of hydrogen-bond acceptors (Lipinski definition) is 4. The van der Waals surface area contributed by atoms with Gasteiger partial charge in [0.1, 0.15) is 5.82 Å². The highest BCUT2D eigenvalue weighted by molar-refractivity contribution is 7.99. The molecule has 0 saturated heterocycles. The van der Waals surface area contributed by atoms with Crippen molar-refractivity contribution in [2.45, 2.75) is 12.1 Å². The van der Waals surface area contributed by atoms with Crippen LogP contribution in [0, 0.1) is 17.7 Å². The van der Waals surface area contributed by atoms with E-state index in [1.54, 1.807) is 23.7 Å². The number of halogens is 1. The summed E-state index contributed by atoms with van der Waals surface area (Å²) >= 11 is 1.41. The molecule has 0 aliphatic rings. The van der Waals surface area contributed by atoms with Gasteiger partial charge in [0.25, 0.3) is 0 Å². The average Bonchev–Trinajstić information content (AvgIpc) is 2.93. The third-order valence-corrected chi connectivity index (χ3v) is 3.82. The fraction of sp³-hybridized carbons (Fsp3) is 0.133. The molecule has 0 fully saturated rings. The van der Waals surface area contributed by atoms with Gasteiger partial charge < -0.3 is 0 Å². The van der Waals surface area contributed by atoms with E-state index in [4.69, 9.17) is 0 Å². The number of hydrogen-bond donors (Lipinski definition) is 0. The monoisotopic (exact) mass is 314 g/mol. The Kier molecular flexibility index (Phi) is 3.94. The molecule has 1 aromatic carbocycles. The number of benzene rings is 1. The van der Waals surface area contributed by atoms with Crippen molar-refractivity contribution < 1.29 is 4.39 Å². The summed E-state index contributed by atoms with van der Waals surface area (Å²) in [4.78, 5) is 12.5. The summed E-state index contributed by atoms with van der Waals surface area (Å²) in [6.45, 7) is 1.77. The second-order valence-electron chi connectivity index (χ2n) is 4.34. The summed E-state index contributed by atoms with van der Waals surface area (Å²) < 4.78 is 16.0. The van der Waals surface area contributed by atoms with Crippen LogP contribution >= 0.6 is 11.8 Å². The lowest BCUT2D eigenvalue weighted by molar-refractivity contribution is 0.627. The molecular formula is C15H11FN4OS. The smallest absolute Gasteiger partial charge is 0.280 e. The fourth-order valence-electron chi connectivity index (χ4n) is 1.94. The first-order chi connectivity index (χ1) is 10.7. The van der Waals surface area contributed by atoms with Crippen molar-refractivity contribution in [3.8, 4) is 17.5 Å². The van der Waals surface area contributed by atoms with Crippen LogP contribution in [0.15, 0.2) is 46.6 Å². The summed E-state index contributed by atoms with van der Waals surface area (Å²) in [6, 6.07) is 5.69. The highest BCUT2D eigenvalue weighted by Gasteiger charge is 2.11. The molecule has 0 saturated carbocycles. The molecule has 5 nitrogen and oxygen atoms in total. The molecule has 7 heteroatoms. The van der Waals surface area contributed by atoms with Crippen LogP contribution in [-0.4, -0.2) is 24.9 Å². The van der Waals surface area contributed by atoms with E-state index >= 15 is 0 Å². The molecule has 0 bridgehead atoms. The van der Waals surface area contributed by atoms with Gasteiger partial charge in [0.2, 0.25) is 5.65 Å². The van der Waals surface area contributed by atoms with E-state index in [9.17, 15) is 9.18 Å². The largest absolute Gasteiger partial charge is 0.300 e. The topological polar surface area (TPSA) is 52.2 Å². The zero-order valence-electron chi connectivity index (χ0n) is 11.7. The first-order valence-corrected chi connectivity index (χ1v) is 7.44. The summed E-state index contributed by atoms with van der Waals surface area (Å²) in [5.41, 5.74) is 0.483. The molecule has 0 aliphatic carbocycles. The number of nitrogens with zero attached hydrogens (tertiary/aromatic N) is 4. The quantitative estimate of drug-likeness (QED) is 0.549. The van der Waals surface area contributed by atoms with Crippen LogP contribution in [0.5, 0.6) is 0 Å². The standard InChI is InChI=1S/C15H11FN4OS/c1-2-3-10-22-15-18-17-13-14(21)19(8-9-20(13)15)12-6-4-11(16)5-7-12/h4-9H,10H2,1H3. The van der Waals surface area contributed by atoms with Crippen LogP contribution in [0.1, 0.15) is 6.92 Å². The maximum atomic E-state index is 13.0. The van der Waals surface area contributed by atoms with E-state index in [1.165, 1.54) is 40.6 Å². The fourth-order valence-corrected chi connectivity index (χ4v) is 2.67. The SMILES string of the molecule is CC#CCSc1nnc2c(=O)n(-c3ccc(F)cc3)ccn12. The van der Waals surface area contributed by atoms with E-state index < -0.39 is 0 Å². The van der Waals surface area contributed by atoms with Gasteiger partial charge in [0.05, 0.1) is 5.75 Å². The Bertz CT molecular complexity index is 934. The van der Waals surface area contributed by atoms with Crippen LogP contribution in [0.4, 0.5) is 4.39 Å². The maximum Gasteiger partial charge on any atom is 0.300 e. The van der Waals surface area contributed by atoms with Gasteiger partial charge in [-0.15, -0.1) is 16.1 Å². The Morgan fingerprint density at radius 2 is 2.00 bits per heavy atom. The minimum atomic E-state index is -0.351. The first-order valence-electron chi connectivity index (χ1n) is 6.45. The van der Waals surface area contributed by atoms with Crippen LogP contribution in [0.25, 0.3) is 11.3 Å². The number of rotatable bonds is 3. The Hall–Kier alpha value is -2.59. The molecule has 110 valence electrons. The van der Waals surface area contributed by atoms with Crippen molar-refractivity contribution >= 4 is 17.4 Å². The Morgan fingerprint density at radius 3 is 2.73 bits per heavy atom. The van der Waals surface area contributed by atoms with Crippen molar-refractivity contribution in [3.63, 3.8) is 0 Å². The maximum absolute atomic E-state index is 13.0. The molecule has 0 unspecified atom stereocenters. The predicted octanol–water partition coefficient (Wildman–Crippen LogP) is 2.13. The summed E-state index contributed by atoms with van der Waals surface area (Å²) in [6.07, 6.45) is 3.32. The van der Waals surface area contributed by atoms with Gasteiger partial charge in [-0.2, -0.15) is 0 Å². The molecule has 3 aromatic rings. The van der Waals surface area contributed by atoms with Gasteiger partial charge in [-0.1, -0.05) is 17.7 Å². The average molecular weight is 314 g/mol. The molecule has 3 rings (SSSR count). The van der Waals surface area contributed by atoms with Crippen molar-refractivity contribution in [1.29, 1.82) is 0 Å². The third kappa shape index (κ3) is 2.61. The van der Waals surface area contributed by atoms with Gasteiger partial charge in [0.15, 0.2) is 5.16 Å². The van der Waals surface area contributed by atoms with Crippen LogP contribution in [0.3, 0.4) is 0 Å². The third-order valence-electron chi connectivity index (χ3n) is 2.99. The van der Waals surface area contributed by atoms with Gasteiger partial charge in [-0.25, -0.2) is 4.39 Å². The van der Waals surface area contributed by atoms with Crippen molar-refractivity contribution in [3.05, 3.63) is 52.8 Å². The lowest BCUT2D eigenvalue weighted by Gasteiger charge is -2.05. The van der Waals surface area contributed by atoms with E-state index in [2.05, 4.69) is 22.0 Å². The van der Waals surface area contributed by atoms with Crippen LogP contribution in [-0.2, 0) is 0 Å². The van der Waals surface area contributed by atoms with Gasteiger partial charge >= 0.3 is 5.56 Å². The molecular weight excluding hydrogens is 303 g/mol. The molecule has 0 aliphatic heterocycles. The number of thioether (sulfide) groups is 1. The van der Waals surface area contributed by atoms with Crippen LogP contribution in [0.2, 0.25) is 0 Å². The molecule has 0 spiro atoms. The van der Waals surface area contributed by atoms with E-state index in [0.717, 1.165) is 0 Å². The molecule has 2 heterocycles. The highest BCUT2D eigenvalue weighted by Crippen LogP contribution is 2.15. The summed E-state index contributed by atoms with van der Waals surface area (Å²) in [5, 5.41) is 8.56. The highest BCUT2D eigenvalue weighted by atomic mass is 32.2. The predicted molar refractivity (Wildman–Crippen MR) is 82.7 cm³/mol. The minimum Gasteiger partial charge on any atom is -0.280 e. The van der Waals surface area contributed by atoms with Crippen LogP contribution < -0.4 is 5.56 Å². The van der Waals surface area contributed by atoms with Gasteiger partial charge in [0, 0.05) is 18.1 Å². The molecule has 0 amide bonds. The minimum absolute atomic E-state index is 0.221. The first kappa shape index (κ1) is 14.4. The van der Waals surface area contributed by atoms with E-state index in [1.807, 2.05) is 0 Å². The van der Waals surface area contributed by atoms with E-state index in [0.29, 0.717) is 16.6 Å². The van der Waals surface area contributed by atoms with E-state index in [-0.39, 0.29) is 17.0 Å². The summed E-state index contributed by atoms with van der Waals surface area (Å²) in [7, 11) is 0. The zero-order valence-corrected chi connectivity index (χ0v) is 12.5. The normalized spacial score (nSPS) is 10.5. The van der Waals surface area contributed by atoms with Gasteiger partial charge in [-0.05, 0) is 31.2 Å². The molecule has 0 N–H and O–H groups in total. The molecule has 22 heavy (non-hydrogen) atoms. The Balaban J connectivity index is 2.05. The Morgan fingerprint density at radius 1 is 1.23 bits per heavy atom. The second kappa shape index (κ2) is 6.03. The number of fused-ring (bicyclic) bond motifs is 1. The second-order valence-corrected chi connectivity index (χ2v) is 5.28. The van der Waals surface area contributed by atoms with Crippen molar-refractivity contribution in [2.75, 3.05) is 5.75 Å². The molecule has 2 aromatic heterocycles. The van der Waals surface area contributed by atoms with Crippen molar-refractivity contribution in [2.24, 2.45) is 0 Å². The Labute approximate surface area is 129 Å². The lowest BCUT2D eigenvalue weighted by Crippen LogP contribution is -2.20. The molecule has 0 radical (unpaired) electrons. The van der Waals surface area contributed by atoms with Crippen molar-refractivity contribution in [1.82, 2.24) is 19.2 Å².